The Morgan fingerprint density at radius 3 is 2.86 bits per heavy atom. The minimum atomic E-state index is -0.267. The first kappa shape index (κ1) is 14.1. The number of fused-ring (bicyclic) bond motifs is 1. The van der Waals surface area contributed by atoms with Crippen LogP contribution in [0, 0.1) is 5.82 Å². The van der Waals surface area contributed by atoms with E-state index in [0.29, 0.717) is 25.1 Å². The number of amides is 1. The van der Waals surface area contributed by atoms with Crippen molar-refractivity contribution in [3.63, 3.8) is 0 Å². The molecule has 0 unspecified atom stereocenters. The zero-order chi connectivity index (χ0) is 14.8. The number of anilines is 2. The number of thiophene rings is 1. The fraction of sp³-hybridized carbons (Fsp3) is 0.312. The average molecular weight is 304 g/mol. The number of carbonyl (C=O) groups is 1. The molecule has 1 amide bonds. The quantitative estimate of drug-likeness (QED) is 0.898. The van der Waals surface area contributed by atoms with Crippen molar-refractivity contribution in [3.8, 4) is 0 Å². The van der Waals surface area contributed by atoms with Gasteiger partial charge in [0.05, 0.1) is 5.69 Å². The van der Waals surface area contributed by atoms with Crippen LogP contribution in [0.15, 0.2) is 24.3 Å². The second-order valence-corrected chi connectivity index (χ2v) is 6.37. The third kappa shape index (κ3) is 3.08. The van der Waals surface area contributed by atoms with Crippen molar-refractivity contribution < 1.29 is 9.18 Å². The first-order valence-corrected chi connectivity index (χ1v) is 7.91. The molecule has 21 heavy (non-hydrogen) atoms. The second-order valence-electron chi connectivity index (χ2n) is 5.11. The van der Waals surface area contributed by atoms with Gasteiger partial charge in [0.1, 0.15) is 5.82 Å². The van der Waals surface area contributed by atoms with Crippen LogP contribution in [0.5, 0.6) is 0 Å². The van der Waals surface area contributed by atoms with Gasteiger partial charge in [-0.1, -0.05) is 6.92 Å². The summed E-state index contributed by atoms with van der Waals surface area (Å²) in [7, 11) is 0. The number of nitrogens with one attached hydrogen (secondary N) is 2. The summed E-state index contributed by atoms with van der Waals surface area (Å²) in [6, 6.07) is 7.37. The molecule has 0 saturated carbocycles. The Bertz CT molecular complexity index is 681. The van der Waals surface area contributed by atoms with E-state index in [-0.39, 0.29) is 11.7 Å². The zero-order valence-electron chi connectivity index (χ0n) is 11.8. The minimum Gasteiger partial charge on any atom is -0.378 e. The molecule has 2 aromatic rings. The Balaban J connectivity index is 1.76. The van der Waals surface area contributed by atoms with Gasteiger partial charge in [-0.15, -0.1) is 11.3 Å². The number of aryl methyl sites for hydroxylation is 2. The fourth-order valence-electron chi connectivity index (χ4n) is 2.42. The first-order chi connectivity index (χ1) is 10.2. The summed E-state index contributed by atoms with van der Waals surface area (Å²) in [6.45, 7) is 2.71. The average Bonchev–Trinajstić information content (AvgIpc) is 2.93. The van der Waals surface area contributed by atoms with E-state index in [2.05, 4.69) is 29.7 Å². The SMILES string of the molecule is CCc1ccc(CNc2cc3c(cc2F)CCC(=O)N3)s1. The molecule has 1 aliphatic rings. The monoisotopic (exact) mass is 304 g/mol. The van der Waals surface area contributed by atoms with Gasteiger partial charge in [-0.3, -0.25) is 4.79 Å². The highest BCUT2D eigenvalue weighted by Gasteiger charge is 2.17. The van der Waals surface area contributed by atoms with E-state index in [0.717, 1.165) is 17.7 Å². The van der Waals surface area contributed by atoms with Crippen molar-refractivity contribution in [1.29, 1.82) is 0 Å². The lowest BCUT2D eigenvalue weighted by molar-refractivity contribution is -0.116. The van der Waals surface area contributed by atoms with Gasteiger partial charge in [0.25, 0.3) is 0 Å². The van der Waals surface area contributed by atoms with Crippen molar-refractivity contribution in [2.45, 2.75) is 32.7 Å². The highest BCUT2D eigenvalue weighted by atomic mass is 32.1. The predicted octanol–water partition coefficient (Wildman–Crippen LogP) is 3.95. The van der Waals surface area contributed by atoms with Gasteiger partial charge in [-0.2, -0.15) is 0 Å². The molecule has 0 spiro atoms. The van der Waals surface area contributed by atoms with E-state index < -0.39 is 0 Å². The van der Waals surface area contributed by atoms with Gasteiger partial charge < -0.3 is 10.6 Å². The van der Waals surface area contributed by atoms with E-state index in [4.69, 9.17) is 0 Å². The van der Waals surface area contributed by atoms with Gasteiger partial charge in [-0.25, -0.2) is 4.39 Å². The number of benzene rings is 1. The number of halogens is 1. The molecule has 1 aliphatic heterocycles. The largest absolute Gasteiger partial charge is 0.378 e. The number of hydrogen-bond acceptors (Lipinski definition) is 3. The zero-order valence-corrected chi connectivity index (χ0v) is 12.6. The Morgan fingerprint density at radius 2 is 2.10 bits per heavy atom. The van der Waals surface area contributed by atoms with Gasteiger partial charge in [-0.05, 0) is 42.7 Å². The van der Waals surface area contributed by atoms with Crippen molar-refractivity contribution in [1.82, 2.24) is 0 Å². The van der Waals surface area contributed by atoms with Gasteiger partial charge >= 0.3 is 0 Å². The molecular weight excluding hydrogens is 287 g/mol. The van der Waals surface area contributed by atoms with Crippen LogP contribution in [0.25, 0.3) is 0 Å². The van der Waals surface area contributed by atoms with Gasteiger partial charge in [0.15, 0.2) is 0 Å². The van der Waals surface area contributed by atoms with Crippen LogP contribution in [0.4, 0.5) is 15.8 Å². The number of hydrogen-bond donors (Lipinski definition) is 2. The molecule has 0 aliphatic carbocycles. The summed E-state index contributed by atoms with van der Waals surface area (Å²) in [4.78, 5) is 13.9. The van der Waals surface area contributed by atoms with Crippen LogP contribution in [0.1, 0.15) is 28.7 Å². The van der Waals surface area contributed by atoms with Crippen LogP contribution in [-0.4, -0.2) is 5.91 Å². The van der Waals surface area contributed by atoms with Crippen LogP contribution in [0.3, 0.4) is 0 Å². The summed E-state index contributed by atoms with van der Waals surface area (Å²) in [5.41, 5.74) is 2.01. The van der Waals surface area contributed by atoms with Crippen molar-refractivity contribution in [2.75, 3.05) is 10.6 Å². The Morgan fingerprint density at radius 1 is 1.29 bits per heavy atom. The summed E-state index contributed by atoms with van der Waals surface area (Å²) >= 11 is 1.73. The molecule has 0 radical (unpaired) electrons. The predicted molar refractivity (Wildman–Crippen MR) is 84.4 cm³/mol. The lowest BCUT2D eigenvalue weighted by Crippen LogP contribution is -2.19. The van der Waals surface area contributed by atoms with E-state index in [1.807, 2.05) is 0 Å². The second kappa shape index (κ2) is 5.85. The van der Waals surface area contributed by atoms with Crippen molar-refractivity contribution in [3.05, 3.63) is 45.4 Å². The van der Waals surface area contributed by atoms with Gasteiger partial charge in [0.2, 0.25) is 5.91 Å². The molecule has 1 aromatic heterocycles. The lowest BCUT2D eigenvalue weighted by Gasteiger charge is -2.18. The van der Waals surface area contributed by atoms with Gasteiger partial charge in [0, 0.05) is 28.4 Å². The maximum absolute atomic E-state index is 14.1. The molecule has 1 aromatic carbocycles. The summed E-state index contributed by atoms with van der Waals surface area (Å²) in [5, 5.41) is 5.91. The molecule has 0 fully saturated rings. The molecule has 0 bridgehead atoms. The molecule has 2 N–H and O–H groups in total. The summed E-state index contributed by atoms with van der Waals surface area (Å²) in [5.74, 6) is -0.275. The van der Waals surface area contributed by atoms with Crippen LogP contribution < -0.4 is 10.6 Å². The van der Waals surface area contributed by atoms with E-state index in [9.17, 15) is 9.18 Å². The fourth-order valence-corrected chi connectivity index (χ4v) is 3.32. The Hall–Kier alpha value is -1.88. The normalized spacial score (nSPS) is 13.7. The van der Waals surface area contributed by atoms with Crippen LogP contribution in [0.2, 0.25) is 0 Å². The molecule has 0 atom stereocenters. The molecule has 3 nitrogen and oxygen atoms in total. The van der Waals surface area contributed by atoms with E-state index in [1.165, 1.54) is 15.8 Å². The standard InChI is InChI=1S/C16H17FN2OS/c1-2-11-4-5-12(21-11)9-18-15-8-14-10(7-13(15)17)3-6-16(20)19-14/h4-5,7-8,18H,2-3,6,9H2,1H3,(H,19,20). The third-order valence-corrected chi connectivity index (χ3v) is 4.84. The highest BCUT2D eigenvalue weighted by molar-refractivity contribution is 7.12. The molecular formula is C16H17FN2OS. The Labute approximate surface area is 127 Å². The number of carbonyl (C=O) groups excluding carboxylic acids is 1. The van der Waals surface area contributed by atoms with Crippen LogP contribution >= 0.6 is 11.3 Å². The van der Waals surface area contributed by atoms with Crippen molar-refractivity contribution in [2.24, 2.45) is 0 Å². The Kier molecular flexibility index (Phi) is 3.92. The summed E-state index contributed by atoms with van der Waals surface area (Å²) in [6.07, 6.45) is 2.04. The molecule has 0 saturated heterocycles. The molecule has 5 heteroatoms. The third-order valence-electron chi connectivity index (χ3n) is 3.61. The maximum Gasteiger partial charge on any atom is 0.224 e. The minimum absolute atomic E-state index is 0.00842. The smallest absolute Gasteiger partial charge is 0.224 e. The molecule has 110 valence electrons. The van der Waals surface area contributed by atoms with E-state index >= 15 is 0 Å². The van der Waals surface area contributed by atoms with Crippen LogP contribution in [-0.2, 0) is 24.2 Å². The molecule has 2 heterocycles. The summed E-state index contributed by atoms with van der Waals surface area (Å²) < 4.78 is 14.1. The molecule has 3 rings (SSSR count). The number of rotatable bonds is 4. The highest BCUT2D eigenvalue weighted by Crippen LogP contribution is 2.29. The topological polar surface area (TPSA) is 41.1 Å². The lowest BCUT2D eigenvalue weighted by atomic mass is 10.0. The maximum atomic E-state index is 14.1. The first-order valence-electron chi connectivity index (χ1n) is 7.09. The van der Waals surface area contributed by atoms with E-state index in [1.54, 1.807) is 17.4 Å². The van der Waals surface area contributed by atoms with Crippen molar-refractivity contribution >= 4 is 28.6 Å².